The molecule has 1 aliphatic rings. The summed E-state index contributed by atoms with van der Waals surface area (Å²) in [6, 6.07) is 1.31. The van der Waals surface area contributed by atoms with Crippen LogP contribution in [0.1, 0.15) is 13.3 Å². The van der Waals surface area contributed by atoms with Crippen LogP contribution in [0.3, 0.4) is 0 Å². The maximum atomic E-state index is 3.40. The van der Waals surface area contributed by atoms with E-state index in [1.54, 1.807) is 0 Å². The number of rotatable bonds is 3. The molecule has 3 nitrogen and oxygen atoms in total. The van der Waals surface area contributed by atoms with Crippen LogP contribution in [0, 0.1) is 0 Å². The van der Waals surface area contributed by atoms with Crippen molar-refractivity contribution in [1.82, 2.24) is 15.1 Å². The molecule has 0 radical (unpaired) electrons. The minimum absolute atomic E-state index is 0.632. The summed E-state index contributed by atoms with van der Waals surface area (Å²) in [5.74, 6) is 0. The lowest BCUT2D eigenvalue weighted by Gasteiger charge is -2.41. The van der Waals surface area contributed by atoms with Crippen LogP contribution in [0.4, 0.5) is 0 Å². The van der Waals surface area contributed by atoms with Crippen LogP contribution in [0.15, 0.2) is 0 Å². The SMILES string of the molecule is CCC(NC)C1CN(C)CCN1C. The standard InChI is InChI=1S/C10H23N3/c1-5-9(11-2)10-8-12(3)6-7-13(10)4/h9-11H,5-8H2,1-4H3. The molecule has 2 atom stereocenters. The van der Waals surface area contributed by atoms with E-state index in [1.807, 2.05) is 0 Å². The molecule has 2 unspecified atom stereocenters. The van der Waals surface area contributed by atoms with Crippen molar-refractivity contribution in [1.29, 1.82) is 0 Å². The highest BCUT2D eigenvalue weighted by Gasteiger charge is 2.27. The van der Waals surface area contributed by atoms with Crippen molar-refractivity contribution in [2.24, 2.45) is 0 Å². The second-order valence-electron chi connectivity index (χ2n) is 4.11. The molecule has 0 bridgehead atoms. The van der Waals surface area contributed by atoms with Crippen LogP contribution in [0.2, 0.25) is 0 Å². The van der Waals surface area contributed by atoms with Gasteiger partial charge in [0.1, 0.15) is 0 Å². The number of likely N-dealkylation sites (N-methyl/N-ethyl adjacent to an activating group) is 3. The smallest absolute Gasteiger partial charge is 0.0373 e. The van der Waals surface area contributed by atoms with Gasteiger partial charge in [0.25, 0.3) is 0 Å². The van der Waals surface area contributed by atoms with Gasteiger partial charge in [0, 0.05) is 31.7 Å². The van der Waals surface area contributed by atoms with Gasteiger partial charge in [0.2, 0.25) is 0 Å². The molecule has 1 saturated heterocycles. The Morgan fingerprint density at radius 2 is 2.08 bits per heavy atom. The second kappa shape index (κ2) is 4.94. The third-order valence-electron chi connectivity index (χ3n) is 3.17. The fraction of sp³-hybridized carbons (Fsp3) is 1.00. The highest BCUT2D eigenvalue weighted by molar-refractivity contribution is 4.87. The summed E-state index contributed by atoms with van der Waals surface area (Å²) in [5, 5.41) is 3.40. The summed E-state index contributed by atoms with van der Waals surface area (Å²) >= 11 is 0. The van der Waals surface area contributed by atoms with Crippen LogP contribution in [0.5, 0.6) is 0 Å². The first-order chi connectivity index (χ1) is 6.19. The van der Waals surface area contributed by atoms with E-state index in [0.29, 0.717) is 12.1 Å². The van der Waals surface area contributed by atoms with Crippen molar-refractivity contribution in [3.05, 3.63) is 0 Å². The summed E-state index contributed by atoms with van der Waals surface area (Å²) in [7, 11) is 6.51. The topological polar surface area (TPSA) is 18.5 Å². The zero-order chi connectivity index (χ0) is 9.84. The van der Waals surface area contributed by atoms with Gasteiger partial charge in [-0.15, -0.1) is 0 Å². The van der Waals surface area contributed by atoms with Crippen molar-refractivity contribution in [3.8, 4) is 0 Å². The average Bonchev–Trinajstić information content (AvgIpc) is 2.13. The van der Waals surface area contributed by atoms with E-state index in [-0.39, 0.29) is 0 Å². The summed E-state index contributed by atoms with van der Waals surface area (Å²) in [5.41, 5.74) is 0. The third-order valence-corrected chi connectivity index (χ3v) is 3.17. The molecule has 13 heavy (non-hydrogen) atoms. The fourth-order valence-electron chi connectivity index (χ4n) is 2.15. The van der Waals surface area contributed by atoms with Crippen LogP contribution in [-0.4, -0.2) is 62.7 Å². The molecule has 0 amide bonds. The molecule has 0 saturated carbocycles. The molecule has 0 aromatic carbocycles. The lowest BCUT2D eigenvalue weighted by molar-refractivity contribution is 0.0887. The summed E-state index contributed by atoms with van der Waals surface area (Å²) in [6.07, 6.45) is 1.21. The summed E-state index contributed by atoms with van der Waals surface area (Å²) in [6.45, 7) is 5.84. The van der Waals surface area contributed by atoms with Crippen molar-refractivity contribution in [2.45, 2.75) is 25.4 Å². The zero-order valence-electron chi connectivity index (χ0n) is 9.38. The Morgan fingerprint density at radius 1 is 1.38 bits per heavy atom. The molecule has 1 heterocycles. The van der Waals surface area contributed by atoms with Gasteiger partial charge in [0.15, 0.2) is 0 Å². The number of nitrogens with zero attached hydrogens (tertiary/aromatic N) is 2. The molecule has 1 N–H and O–H groups in total. The summed E-state index contributed by atoms with van der Waals surface area (Å²) < 4.78 is 0. The van der Waals surface area contributed by atoms with Gasteiger partial charge in [-0.2, -0.15) is 0 Å². The Balaban J connectivity index is 2.53. The van der Waals surface area contributed by atoms with Gasteiger partial charge < -0.3 is 10.2 Å². The molecule has 78 valence electrons. The van der Waals surface area contributed by atoms with Crippen molar-refractivity contribution in [2.75, 3.05) is 40.8 Å². The quantitative estimate of drug-likeness (QED) is 0.679. The largest absolute Gasteiger partial charge is 0.315 e. The number of piperazine rings is 1. The Labute approximate surface area is 82.1 Å². The van der Waals surface area contributed by atoms with Crippen LogP contribution >= 0.6 is 0 Å². The molecule has 1 fully saturated rings. The van der Waals surface area contributed by atoms with E-state index in [1.165, 1.54) is 26.1 Å². The maximum absolute atomic E-state index is 3.40. The van der Waals surface area contributed by atoms with Crippen molar-refractivity contribution >= 4 is 0 Å². The van der Waals surface area contributed by atoms with Gasteiger partial charge >= 0.3 is 0 Å². The lowest BCUT2D eigenvalue weighted by Crippen LogP contribution is -2.57. The Hall–Kier alpha value is -0.120. The third kappa shape index (κ3) is 2.66. The van der Waals surface area contributed by atoms with Crippen molar-refractivity contribution in [3.63, 3.8) is 0 Å². The molecule has 1 rings (SSSR count). The second-order valence-corrected chi connectivity index (χ2v) is 4.11. The highest BCUT2D eigenvalue weighted by atomic mass is 15.3. The number of hydrogen-bond donors (Lipinski definition) is 1. The van der Waals surface area contributed by atoms with Gasteiger partial charge in [-0.3, -0.25) is 4.90 Å². The Morgan fingerprint density at radius 3 is 2.62 bits per heavy atom. The molecule has 1 aliphatic heterocycles. The predicted molar refractivity (Wildman–Crippen MR) is 57.1 cm³/mol. The number of hydrogen-bond acceptors (Lipinski definition) is 3. The van der Waals surface area contributed by atoms with Gasteiger partial charge in [-0.25, -0.2) is 0 Å². The predicted octanol–water partition coefficient (Wildman–Crippen LogP) is 0.230. The summed E-state index contributed by atoms with van der Waals surface area (Å²) in [4.78, 5) is 4.90. The van der Waals surface area contributed by atoms with E-state index in [4.69, 9.17) is 0 Å². The Kier molecular flexibility index (Phi) is 4.16. The average molecular weight is 185 g/mol. The van der Waals surface area contributed by atoms with Gasteiger partial charge in [-0.1, -0.05) is 6.92 Å². The molecule has 0 spiro atoms. The van der Waals surface area contributed by atoms with Crippen molar-refractivity contribution < 1.29 is 0 Å². The van der Waals surface area contributed by atoms with Gasteiger partial charge in [0.05, 0.1) is 0 Å². The van der Waals surface area contributed by atoms with E-state index < -0.39 is 0 Å². The van der Waals surface area contributed by atoms with Crippen LogP contribution in [-0.2, 0) is 0 Å². The minimum atomic E-state index is 0.632. The monoisotopic (exact) mass is 185 g/mol. The van der Waals surface area contributed by atoms with E-state index in [9.17, 15) is 0 Å². The van der Waals surface area contributed by atoms with E-state index in [2.05, 4.69) is 43.2 Å². The molecule has 0 aromatic rings. The molecular formula is C10H23N3. The maximum Gasteiger partial charge on any atom is 0.0373 e. The minimum Gasteiger partial charge on any atom is -0.315 e. The van der Waals surface area contributed by atoms with E-state index in [0.717, 1.165) is 0 Å². The normalized spacial score (nSPS) is 29.1. The fourth-order valence-corrected chi connectivity index (χ4v) is 2.15. The number of nitrogens with one attached hydrogen (secondary N) is 1. The van der Waals surface area contributed by atoms with Gasteiger partial charge in [-0.05, 0) is 27.6 Å². The van der Waals surface area contributed by atoms with Crippen LogP contribution < -0.4 is 5.32 Å². The zero-order valence-corrected chi connectivity index (χ0v) is 9.38. The molecule has 0 aliphatic carbocycles. The molecule has 3 heteroatoms. The first-order valence-electron chi connectivity index (χ1n) is 5.25. The first-order valence-corrected chi connectivity index (χ1v) is 5.25. The highest BCUT2D eigenvalue weighted by Crippen LogP contribution is 2.11. The van der Waals surface area contributed by atoms with E-state index >= 15 is 0 Å². The first kappa shape index (κ1) is 11.0. The lowest BCUT2D eigenvalue weighted by atomic mass is 10.0. The molecular weight excluding hydrogens is 162 g/mol. The molecule has 0 aromatic heterocycles. The Bertz CT molecular complexity index is 145. The van der Waals surface area contributed by atoms with Crippen LogP contribution in [0.25, 0.3) is 0 Å².